The molecule has 1 aliphatic rings. The first-order valence-corrected chi connectivity index (χ1v) is 13.6. The van der Waals surface area contributed by atoms with Crippen molar-refractivity contribution >= 4 is 52.0 Å². The summed E-state index contributed by atoms with van der Waals surface area (Å²) >= 11 is 8.96. The molecule has 0 saturated carbocycles. The van der Waals surface area contributed by atoms with Crippen LogP contribution in [0, 0.1) is 6.92 Å². The molecule has 36 heavy (non-hydrogen) atoms. The molecule has 1 aliphatic heterocycles. The molecule has 190 valence electrons. The summed E-state index contributed by atoms with van der Waals surface area (Å²) in [5.74, 6) is -0.308. The van der Waals surface area contributed by atoms with E-state index in [1.807, 2.05) is 25.1 Å². The monoisotopic (exact) mass is 546 g/mol. The fourth-order valence-corrected chi connectivity index (χ4v) is 5.84. The highest BCUT2D eigenvalue weighted by Gasteiger charge is 2.37. The van der Waals surface area contributed by atoms with E-state index in [1.54, 1.807) is 42.3 Å². The third-order valence-corrected chi connectivity index (χ3v) is 8.18. The number of carbonyl (C=O) groups is 3. The minimum atomic E-state index is -1.06. The molecule has 11 heteroatoms. The lowest BCUT2D eigenvalue weighted by atomic mass is 9.96. The molecular formula is C25H27ClN4O4S2. The maximum absolute atomic E-state index is 13.2. The number of carbonyl (C=O) groups excluding carboxylic acids is 3. The lowest BCUT2D eigenvalue weighted by molar-refractivity contribution is -0.146. The number of nitrogens with one attached hydrogen (secondary N) is 2. The Morgan fingerprint density at radius 2 is 1.78 bits per heavy atom. The van der Waals surface area contributed by atoms with Gasteiger partial charge >= 0.3 is 0 Å². The van der Waals surface area contributed by atoms with Crippen LogP contribution in [0.4, 0.5) is 0 Å². The van der Waals surface area contributed by atoms with E-state index >= 15 is 0 Å². The predicted molar refractivity (Wildman–Crippen MR) is 141 cm³/mol. The van der Waals surface area contributed by atoms with Crippen LogP contribution >= 0.6 is 34.3 Å². The molecule has 3 aromatic rings. The molecule has 1 fully saturated rings. The van der Waals surface area contributed by atoms with E-state index in [2.05, 4.69) is 15.8 Å². The maximum Gasteiger partial charge on any atom is 0.289 e. The van der Waals surface area contributed by atoms with Gasteiger partial charge in [-0.2, -0.15) is 0 Å². The summed E-state index contributed by atoms with van der Waals surface area (Å²) in [5.41, 5.74) is 4.04. The number of ether oxygens (including phenoxy) is 1. The van der Waals surface area contributed by atoms with Gasteiger partial charge in [-0.25, -0.2) is 4.98 Å². The first-order valence-electron chi connectivity index (χ1n) is 11.5. The number of thiazole rings is 1. The second kappa shape index (κ2) is 11.0. The highest BCUT2D eigenvalue weighted by molar-refractivity contribution is 7.14. The molecule has 3 amide bonds. The Bertz CT molecular complexity index is 1260. The first-order chi connectivity index (χ1) is 17.1. The van der Waals surface area contributed by atoms with Gasteiger partial charge in [-0.05, 0) is 57.9 Å². The van der Waals surface area contributed by atoms with Crippen LogP contribution in [0.3, 0.4) is 0 Å². The van der Waals surface area contributed by atoms with Crippen molar-refractivity contribution < 1.29 is 19.1 Å². The first kappa shape index (κ1) is 26.1. The summed E-state index contributed by atoms with van der Waals surface area (Å²) in [5, 5.41) is 2.99. The van der Waals surface area contributed by atoms with Crippen LogP contribution in [0.25, 0.3) is 0 Å². The van der Waals surface area contributed by atoms with E-state index in [1.165, 1.54) is 22.7 Å². The molecule has 0 atom stereocenters. The van der Waals surface area contributed by atoms with Crippen LogP contribution in [0.5, 0.6) is 5.75 Å². The van der Waals surface area contributed by atoms with E-state index in [9.17, 15) is 14.4 Å². The average Bonchev–Trinajstić information content (AvgIpc) is 3.53. The van der Waals surface area contributed by atoms with Gasteiger partial charge in [-0.3, -0.25) is 25.2 Å². The molecule has 0 spiro atoms. The minimum Gasteiger partial charge on any atom is -0.476 e. The molecule has 0 radical (unpaired) electrons. The van der Waals surface area contributed by atoms with E-state index in [-0.39, 0.29) is 23.4 Å². The molecule has 1 aromatic carbocycles. The SMILES string of the molecule is Cc1ccc(C(=O)NNC(=O)c2csc(C3CCN(C(=O)C(C)(C)Oc4ccccc4Cl)CC3)n2)s1. The quantitative estimate of drug-likeness (QED) is 0.432. The second-order valence-electron chi connectivity index (χ2n) is 9.00. The molecule has 0 bridgehead atoms. The number of amides is 3. The number of likely N-dealkylation sites (tertiary alicyclic amines) is 1. The maximum atomic E-state index is 13.2. The van der Waals surface area contributed by atoms with Gasteiger partial charge in [-0.1, -0.05) is 23.7 Å². The zero-order chi connectivity index (χ0) is 25.9. The smallest absolute Gasteiger partial charge is 0.289 e. The van der Waals surface area contributed by atoms with Crippen molar-refractivity contribution in [3.63, 3.8) is 0 Å². The van der Waals surface area contributed by atoms with Crippen molar-refractivity contribution in [3.05, 3.63) is 67.3 Å². The Kier molecular flexibility index (Phi) is 7.97. The molecule has 8 nitrogen and oxygen atoms in total. The number of hydrogen-bond donors (Lipinski definition) is 2. The van der Waals surface area contributed by atoms with Gasteiger partial charge in [0.25, 0.3) is 17.7 Å². The van der Waals surface area contributed by atoms with Gasteiger partial charge in [0.05, 0.1) is 14.9 Å². The number of benzene rings is 1. The van der Waals surface area contributed by atoms with Crippen molar-refractivity contribution in [2.75, 3.05) is 13.1 Å². The fraction of sp³-hybridized carbons (Fsp3) is 0.360. The van der Waals surface area contributed by atoms with Gasteiger partial charge in [-0.15, -0.1) is 22.7 Å². The Labute approximate surface area is 222 Å². The number of rotatable bonds is 6. The highest BCUT2D eigenvalue weighted by Crippen LogP contribution is 2.33. The Hall–Kier alpha value is -2.95. The number of aromatic nitrogens is 1. The number of hydrazine groups is 1. The van der Waals surface area contributed by atoms with Gasteiger partial charge < -0.3 is 9.64 Å². The Morgan fingerprint density at radius 1 is 1.08 bits per heavy atom. The normalized spacial score (nSPS) is 14.4. The number of halogens is 1. The van der Waals surface area contributed by atoms with E-state index in [0.717, 1.165) is 22.7 Å². The third kappa shape index (κ3) is 6.05. The van der Waals surface area contributed by atoms with Crippen molar-refractivity contribution in [3.8, 4) is 5.75 Å². The molecule has 0 unspecified atom stereocenters. The Balaban J connectivity index is 1.29. The van der Waals surface area contributed by atoms with Crippen LogP contribution in [-0.4, -0.2) is 46.3 Å². The average molecular weight is 547 g/mol. The van der Waals surface area contributed by atoms with Crippen LogP contribution in [0.1, 0.15) is 62.7 Å². The topological polar surface area (TPSA) is 101 Å². The molecule has 4 rings (SSSR count). The van der Waals surface area contributed by atoms with Gasteiger partial charge in [0.2, 0.25) is 0 Å². The molecule has 0 aliphatic carbocycles. The van der Waals surface area contributed by atoms with Crippen molar-refractivity contribution in [2.45, 2.75) is 45.1 Å². The minimum absolute atomic E-state index is 0.100. The van der Waals surface area contributed by atoms with Gasteiger partial charge in [0.1, 0.15) is 11.4 Å². The summed E-state index contributed by atoms with van der Waals surface area (Å²) in [4.78, 5) is 45.6. The van der Waals surface area contributed by atoms with Gasteiger partial charge in [0, 0.05) is 29.3 Å². The zero-order valence-electron chi connectivity index (χ0n) is 20.2. The predicted octanol–water partition coefficient (Wildman–Crippen LogP) is 4.80. The standard InChI is InChI=1S/C25H27ClN4O4S2/c1-15-8-9-20(36-15)22(32)29-28-21(31)18-14-35-23(27-18)16-10-12-30(13-11-16)24(33)25(2,3)34-19-7-5-4-6-17(19)26/h4-9,14,16H,10-13H2,1-3H3,(H,28,31)(H,29,32). The lowest BCUT2D eigenvalue weighted by Crippen LogP contribution is -2.51. The zero-order valence-corrected chi connectivity index (χ0v) is 22.6. The van der Waals surface area contributed by atoms with Crippen molar-refractivity contribution in [1.29, 1.82) is 0 Å². The summed E-state index contributed by atoms with van der Waals surface area (Å²) in [7, 11) is 0. The number of para-hydroxylation sites is 1. The van der Waals surface area contributed by atoms with Crippen LogP contribution in [0.2, 0.25) is 5.02 Å². The molecule has 3 heterocycles. The van der Waals surface area contributed by atoms with Gasteiger partial charge in [0.15, 0.2) is 5.60 Å². The van der Waals surface area contributed by atoms with E-state index in [0.29, 0.717) is 28.7 Å². The Morgan fingerprint density at radius 3 is 2.44 bits per heavy atom. The molecule has 1 saturated heterocycles. The summed E-state index contributed by atoms with van der Waals surface area (Å²) in [6.07, 6.45) is 1.47. The number of thiophene rings is 1. The summed E-state index contributed by atoms with van der Waals surface area (Å²) in [6, 6.07) is 10.7. The number of nitrogens with zero attached hydrogens (tertiary/aromatic N) is 2. The molecule has 2 aromatic heterocycles. The summed E-state index contributed by atoms with van der Waals surface area (Å²) in [6.45, 7) is 6.53. The number of piperidine rings is 1. The van der Waals surface area contributed by atoms with Crippen LogP contribution in [-0.2, 0) is 4.79 Å². The third-order valence-electron chi connectivity index (χ3n) is 5.86. The van der Waals surface area contributed by atoms with E-state index < -0.39 is 11.5 Å². The van der Waals surface area contributed by atoms with Crippen molar-refractivity contribution in [2.24, 2.45) is 0 Å². The largest absolute Gasteiger partial charge is 0.476 e. The lowest BCUT2D eigenvalue weighted by Gasteiger charge is -2.36. The second-order valence-corrected chi connectivity index (χ2v) is 11.6. The van der Waals surface area contributed by atoms with Crippen molar-refractivity contribution in [1.82, 2.24) is 20.7 Å². The summed E-state index contributed by atoms with van der Waals surface area (Å²) < 4.78 is 5.95. The van der Waals surface area contributed by atoms with Crippen LogP contribution in [0.15, 0.2) is 41.8 Å². The molecule has 2 N–H and O–H groups in total. The number of hydrogen-bond acceptors (Lipinski definition) is 7. The van der Waals surface area contributed by atoms with Crippen LogP contribution < -0.4 is 15.6 Å². The highest BCUT2D eigenvalue weighted by atomic mass is 35.5. The van der Waals surface area contributed by atoms with E-state index in [4.69, 9.17) is 16.3 Å². The fourth-order valence-electron chi connectivity index (χ4n) is 3.93. The number of aryl methyl sites for hydroxylation is 1. The molecular weight excluding hydrogens is 520 g/mol.